The van der Waals surface area contributed by atoms with Crippen molar-refractivity contribution in [2.75, 3.05) is 40.1 Å². The zero-order valence-electron chi connectivity index (χ0n) is 16.0. The molecule has 0 radical (unpaired) electrons. The number of methoxy groups -OCH3 is 1. The van der Waals surface area contributed by atoms with Gasteiger partial charge in [0.05, 0.1) is 32.0 Å². The van der Waals surface area contributed by atoms with Crippen molar-refractivity contribution < 1.29 is 33.3 Å². The van der Waals surface area contributed by atoms with Crippen molar-refractivity contribution in [2.45, 2.75) is 20.3 Å². The molecule has 1 aromatic heterocycles. The highest BCUT2D eigenvalue weighted by atomic mass is 16.6. The number of Topliss-reactive ketones (excluding diaryl/α,β-unsaturated/α-hetero) is 1. The third-order valence-electron chi connectivity index (χ3n) is 3.61. The lowest BCUT2D eigenvalue weighted by Crippen LogP contribution is -2.26. The van der Waals surface area contributed by atoms with Gasteiger partial charge in [0.1, 0.15) is 12.4 Å². The van der Waals surface area contributed by atoms with Crippen LogP contribution in [0.15, 0.2) is 24.5 Å². The molecule has 0 saturated heterocycles. The molecule has 1 unspecified atom stereocenters. The summed E-state index contributed by atoms with van der Waals surface area (Å²) in [6.07, 6.45) is 3.10. The van der Waals surface area contributed by atoms with Crippen molar-refractivity contribution in [3.05, 3.63) is 30.1 Å². The molecule has 0 amide bonds. The maximum atomic E-state index is 12.0. The molecule has 1 atom stereocenters. The molecule has 1 heterocycles. The largest absolute Gasteiger partial charge is 0.464 e. The molecule has 0 spiro atoms. The molecule has 1 aromatic rings. The van der Waals surface area contributed by atoms with Gasteiger partial charge in [0.15, 0.2) is 0 Å². The first kappa shape index (κ1) is 22.7. The van der Waals surface area contributed by atoms with Crippen LogP contribution >= 0.6 is 0 Å². The van der Waals surface area contributed by atoms with E-state index in [1.807, 2.05) is 0 Å². The van der Waals surface area contributed by atoms with E-state index in [0.717, 1.165) is 0 Å². The minimum Gasteiger partial charge on any atom is -0.464 e. The molecule has 0 aromatic carbocycles. The van der Waals surface area contributed by atoms with Crippen molar-refractivity contribution in [3.8, 4) is 0 Å². The van der Waals surface area contributed by atoms with Crippen LogP contribution in [-0.2, 0) is 28.5 Å². The first-order chi connectivity index (χ1) is 12.9. The van der Waals surface area contributed by atoms with Gasteiger partial charge in [-0.2, -0.15) is 0 Å². The Morgan fingerprint density at radius 1 is 1.11 bits per heavy atom. The first-order valence-corrected chi connectivity index (χ1v) is 8.76. The Morgan fingerprint density at radius 2 is 1.85 bits per heavy atom. The summed E-state index contributed by atoms with van der Waals surface area (Å²) in [5.41, 5.74) is 0.315. The van der Waals surface area contributed by atoms with Gasteiger partial charge in [0, 0.05) is 37.8 Å². The molecule has 0 saturated carbocycles. The summed E-state index contributed by atoms with van der Waals surface area (Å²) in [5.74, 6) is -1.67. The first-order valence-electron chi connectivity index (χ1n) is 8.76. The van der Waals surface area contributed by atoms with Crippen molar-refractivity contribution in [2.24, 2.45) is 11.8 Å². The van der Waals surface area contributed by atoms with E-state index in [9.17, 15) is 14.4 Å². The monoisotopic (exact) mass is 381 g/mol. The normalized spacial score (nSPS) is 11.9. The third kappa shape index (κ3) is 9.81. The molecule has 27 heavy (non-hydrogen) atoms. The van der Waals surface area contributed by atoms with E-state index in [0.29, 0.717) is 12.2 Å². The predicted octanol–water partition coefficient (Wildman–Crippen LogP) is 1.68. The lowest BCUT2D eigenvalue weighted by molar-refractivity contribution is -0.151. The lowest BCUT2D eigenvalue weighted by Gasteiger charge is -2.17. The second-order valence-corrected chi connectivity index (χ2v) is 6.26. The Hall–Kier alpha value is -2.32. The van der Waals surface area contributed by atoms with Gasteiger partial charge >= 0.3 is 11.9 Å². The number of carbonyl (C=O) groups is 3. The van der Waals surface area contributed by atoms with Gasteiger partial charge in [-0.3, -0.25) is 9.78 Å². The van der Waals surface area contributed by atoms with Crippen LogP contribution in [0.5, 0.6) is 0 Å². The number of ether oxygens (including phenoxy) is 4. The Morgan fingerprint density at radius 3 is 2.48 bits per heavy atom. The van der Waals surface area contributed by atoms with E-state index in [4.69, 9.17) is 18.9 Å². The molecule has 0 aliphatic rings. The minimum absolute atomic E-state index is 0.00446. The summed E-state index contributed by atoms with van der Waals surface area (Å²) in [5, 5.41) is 0. The van der Waals surface area contributed by atoms with Crippen molar-refractivity contribution in [1.82, 2.24) is 4.98 Å². The number of aromatic nitrogens is 1. The van der Waals surface area contributed by atoms with Crippen LogP contribution in [0.1, 0.15) is 30.6 Å². The number of nitrogens with zero attached hydrogens (tertiary/aromatic N) is 1. The summed E-state index contributed by atoms with van der Waals surface area (Å²) < 4.78 is 20.3. The van der Waals surface area contributed by atoms with E-state index in [-0.39, 0.29) is 44.5 Å². The number of pyridine rings is 1. The molecular weight excluding hydrogens is 354 g/mol. The lowest BCUT2D eigenvalue weighted by atomic mass is 9.97. The van der Waals surface area contributed by atoms with Gasteiger partial charge in [0.2, 0.25) is 0 Å². The highest BCUT2D eigenvalue weighted by molar-refractivity contribution is 5.89. The zero-order valence-corrected chi connectivity index (χ0v) is 16.0. The van der Waals surface area contributed by atoms with Crippen LogP contribution in [0.2, 0.25) is 0 Å². The fourth-order valence-corrected chi connectivity index (χ4v) is 2.00. The summed E-state index contributed by atoms with van der Waals surface area (Å²) in [6, 6.07) is 3.21. The standard InChI is InChI=1S/C19H27NO7/c1-14(2)17(21)9-15(11-26-18(22)13-25-8-7-24-3)12-27-19(23)16-5-4-6-20-10-16/h4-6,10,14-15H,7-9,11-13H2,1-3H3. The van der Waals surface area contributed by atoms with E-state index in [2.05, 4.69) is 4.98 Å². The Kier molecular flexibility index (Phi) is 10.9. The average molecular weight is 381 g/mol. The van der Waals surface area contributed by atoms with Gasteiger partial charge in [-0.05, 0) is 12.1 Å². The van der Waals surface area contributed by atoms with Crippen LogP contribution in [0, 0.1) is 11.8 Å². The van der Waals surface area contributed by atoms with E-state index in [1.54, 1.807) is 32.2 Å². The summed E-state index contributed by atoms with van der Waals surface area (Å²) in [6.45, 7) is 3.96. The van der Waals surface area contributed by atoms with Gasteiger partial charge in [-0.15, -0.1) is 0 Å². The Labute approximate surface area is 159 Å². The Bertz CT molecular complexity index is 589. The highest BCUT2D eigenvalue weighted by Crippen LogP contribution is 2.12. The molecule has 0 N–H and O–H groups in total. The fraction of sp³-hybridized carbons (Fsp3) is 0.579. The zero-order chi connectivity index (χ0) is 20.1. The average Bonchev–Trinajstić information content (AvgIpc) is 2.67. The van der Waals surface area contributed by atoms with Gasteiger partial charge in [-0.25, -0.2) is 9.59 Å². The fourth-order valence-electron chi connectivity index (χ4n) is 2.00. The van der Waals surface area contributed by atoms with E-state index < -0.39 is 17.9 Å². The molecule has 0 fully saturated rings. The third-order valence-corrected chi connectivity index (χ3v) is 3.61. The SMILES string of the molecule is COCCOCC(=O)OCC(COC(=O)c1cccnc1)CC(=O)C(C)C. The quantitative estimate of drug-likeness (QED) is 0.376. The van der Waals surface area contributed by atoms with E-state index >= 15 is 0 Å². The summed E-state index contributed by atoms with van der Waals surface area (Å²) in [7, 11) is 1.53. The van der Waals surface area contributed by atoms with Gasteiger partial charge in [0.25, 0.3) is 0 Å². The number of carbonyl (C=O) groups excluding carboxylic acids is 3. The van der Waals surface area contributed by atoms with Crippen molar-refractivity contribution in [1.29, 1.82) is 0 Å². The molecule has 8 heteroatoms. The van der Waals surface area contributed by atoms with Crippen molar-refractivity contribution >= 4 is 17.7 Å². The molecule has 1 rings (SSSR count). The molecule has 0 aliphatic heterocycles. The minimum atomic E-state index is -0.549. The van der Waals surface area contributed by atoms with E-state index in [1.165, 1.54) is 13.3 Å². The maximum Gasteiger partial charge on any atom is 0.339 e. The summed E-state index contributed by atoms with van der Waals surface area (Å²) in [4.78, 5) is 39.6. The van der Waals surface area contributed by atoms with Gasteiger partial charge in [-0.1, -0.05) is 13.8 Å². The number of ketones is 1. The molecular formula is C19H27NO7. The second kappa shape index (κ2) is 12.9. The smallest absolute Gasteiger partial charge is 0.339 e. The van der Waals surface area contributed by atoms with Crippen molar-refractivity contribution in [3.63, 3.8) is 0 Å². The van der Waals surface area contributed by atoms with Crippen LogP contribution in [0.3, 0.4) is 0 Å². The molecule has 8 nitrogen and oxygen atoms in total. The number of rotatable bonds is 13. The number of hydrogen-bond acceptors (Lipinski definition) is 8. The molecule has 0 bridgehead atoms. The summed E-state index contributed by atoms with van der Waals surface area (Å²) >= 11 is 0. The van der Waals surface area contributed by atoms with Crippen LogP contribution in [0.25, 0.3) is 0 Å². The number of hydrogen-bond donors (Lipinski definition) is 0. The molecule has 0 aliphatic carbocycles. The number of esters is 2. The molecule has 150 valence electrons. The van der Waals surface area contributed by atoms with Crippen LogP contribution < -0.4 is 0 Å². The van der Waals surface area contributed by atoms with Gasteiger partial charge < -0.3 is 18.9 Å². The van der Waals surface area contributed by atoms with Crippen LogP contribution in [-0.4, -0.2) is 62.9 Å². The topological polar surface area (TPSA) is 101 Å². The maximum absolute atomic E-state index is 12.0. The second-order valence-electron chi connectivity index (χ2n) is 6.26. The highest BCUT2D eigenvalue weighted by Gasteiger charge is 2.21. The van der Waals surface area contributed by atoms with Crippen LogP contribution in [0.4, 0.5) is 0 Å². The Balaban J connectivity index is 2.50. The predicted molar refractivity (Wildman–Crippen MR) is 96.1 cm³/mol.